The first kappa shape index (κ1) is 53.8. The van der Waals surface area contributed by atoms with Crippen LogP contribution in [0.3, 0.4) is 0 Å². The smallest absolute Gasteiger partial charge is 0.375 e. The topological polar surface area (TPSA) is 78.9 Å². The van der Waals surface area contributed by atoms with Crippen LogP contribution in [0, 0.1) is 0 Å². The van der Waals surface area contributed by atoms with Gasteiger partial charge in [-0.3, -0.25) is 14.4 Å². The van der Waals surface area contributed by atoms with E-state index in [-0.39, 0.29) is 19.3 Å². The standard InChI is InChI=1S/C48H93O6P/c1-4-7-10-13-16-19-22-25-28-31-34-37-40-43-46(49)52-55(53-47(50)44-41-38-35-32-29-26-23-20-17-14-11-8-5-2)54-48(51)45-42-39-36-33-30-27-24-21-18-15-12-9-6-3/h4-45H2,1-3H3. The average Bonchev–Trinajstić information content (AvgIpc) is 3.17. The van der Waals surface area contributed by atoms with E-state index in [9.17, 15) is 14.4 Å². The molecule has 0 heterocycles. The zero-order valence-corrected chi connectivity index (χ0v) is 38.0. The van der Waals surface area contributed by atoms with Crippen molar-refractivity contribution in [1.82, 2.24) is 0 Å². The lowest BCUT2D eigenvalue weighted by Gasteiger charge is -2.15. The molecule has 0 unspecified atom stereocenters. The van der Waals surface area contributed by atoms with Crippen LogP contribution in [0.15, 0.2) is 0 Å². The molecule has 0 aliphatic carbocycles. The molecule has 0 fully saturated rings. The number of unbranched alkanes of at least 4 members (excludes halogenated alkanes) is 36. The number of hydrogen-bond acceptors (Lipinski definition) is 6. The van der Waals surface area contributed by atoms with Crippen molar-refractivity contribution in [2.75, 3.05) is 0 Å². The molecule has 0 bridgehead atoms. The third kappa shape index (κ3) is 43.8. The quantitative estimate of drug-likeness (QED) is 0.0451. The molecule has 0 radical (unpaired) electrons. The Morgan fingerprint density at radius 1 is 0.255 bits per heavy atom. The molecule has 7 heteroatoms. The Labute approximate surface area is 343 Å². The van der Waals surface area contributed by atoms with Gasteiger partial charge in [0, 0.05) is 19.3 Å². The van der Waals surface area contributed by atoms with Crippen LogP contribution < -0.4 is 0 Å². The maximum Gasteiger partial charge on any atom is 0.537 e. The summed E-state index contributed by atoms with van der Waals surface area (Å²) >= 11 is 0. The molecule has 0 amide bonds. The van der Waals surface area contributed by atoms with E-state index in [1.54, 1.807) is 0 Å². The minimum atomic E-state index is -2.35. The molecular formula is C48H93O6P. The van der Waals surface area contributed by atoms with E-state index in [0.717, 1.165) is 57.8 Å². The van der Waals surface area contributed by atoms with Crippen molar-refractivity contribution in [1.29, 1.82) is 0 Å². The summed E-state index contributed by atoms with van der Waals surface area (Å²) in [4.78, 5) is 38.1. The Bertz CT molecular complexity index is 716. The number of rotatable bonds is 45. The van der Waals surface area contributed by atoms with Crippen LogP contribution in [-0.2, 0) is 28.0 Å². The minimum absolute atomic E-state index is 0.253. The fourth-order valence-corrected chi connectivity index (χ4v) is 8.19. The molecule has 0 saturated carbocycles. The van der Waals surface area contributed by atoms with Crippen molar-refractivity contribution in [3.05, 3.63) is 0 Å². The molecule has 6 nitrogen and oxygen atoms in total. The van der Waals surface area contributed by atoms with Gasteiger partial charge in [0.15, 0.2) is 0 Å². The van der Waals surface area contributed by atoms with E-state index in [1.807, 2.05) is 0 Å². The lowest BCUT2D eigenvalue weighted by Crippen LogP contribution is -2.11. The summed E-state index contributed by atoms with van der Waals surface area (Å²) in [6, 6.07) is 0. The van der Waals surface area contributed by atoms with Crippen LogP contribution in [0.5, 0.6) is 0 Å². The Hall–Kier alpha value is -1.16. The van der Waals surface area contributed by atoms with E-state index < -0.39 is 26.5 Å². The van der Waals surface area contributed by atoms with Crippen LogP contribution in [0.4, 0.5) is 0 Å². The molecule has 0 atom stereocenters. The molecule has 0 rings (SSSR count). The van der Waals surface area contributed by atoms with Gasteiger partial charge in [-0.15, -0.1) is 0 Å². The van der Waals surface area contributed by atoms with Crippen molar-refractivity contribution < 1.29 is 28.0 Å². The van der Waals surface area contributed by atoms with Crippen molar-refractivity contribution >= 4 is 26.5 Å². The van der Waals surface area contributed by atoms with Gasteiger partial charge >= 0.3 is 26.5 Å². The molecule has 0 aliphatic rings. The summed E-state index contributed by atoms with van der Waals surface area (Å²) < 4.78 is 16.4. The first-order chi connectivity index (χ1) is 27.0. The van der Waals surface area contributed by atoms with Gasteiger partial charge in [-0.05, 0) is 19.3 Å². The third-order valence-electron chi connectivity index (χ3n) is 11.0. The van der Waals surface area contributed by atoms with Gasteiger partial charge < -0.3 is 13.6 Å². The Morgan fingerprint density at radius 2 is 0.400 bits per heavy atom. The predicted octanol–water partition coefficient (Wildman–Crippen LogP) is 17.3. The third-order valence-corrected chi connectivity index (χ3v) is 12.0. The van der Waals surface area contributed by atoms with E-state index in [2.05, 4.69) is 20.8 Å². The molecule has 55 heavy (non-hydrogen) atoms. The van der Waals surface area contributed by atoms with Crippen molar-refractivity contribution in [2.45, 2.75) is 290 Å². The highest BCUT2D eigenvalue weighted by molar-refractivity contribution is 7.43. The Kier molecular flexibility index (Phi) is 44.6. The normalized spacial score (nSPS) is 11.3. The molecule has 0 aliphatic heterocycles. The highest BCUT2D eigenvalue weighted by Crippen LogP contribution is 2.41. The predicted molar refractivity (Wildman–Crippen MR) is 236 cm³/mol. The van der Waals surface area contributed by atoms with Crippen LogP contribution in [0.2, 0.25) is 0 Å². The van der Waals surface area contributed by atoms with Gasteiger partial charge in [-0.1, -0.05) is 252 Å². The van der Waals surface area contributed by atoms with Crippen LogP contribution in [-0.4, -0.2) is 17.9 Å². The van der Waals surface area contributed by atoms with Crippen molar-refractivity contribution in [2.24, 2.45) is 0 Å². The van der Waals surface area contributed by atoms with E-state index in [1.165, 1.54) is 193 Å². The van der Waals surface area contributed by atoms with Gasteiger partial charge in [0.1, 0.15) is 0 Å². The summed E-state index contributed by atoms with van der Waals surface area (Å²) in [6.07, 6.45) is 49.0. The molecule has 0 aromatic carbocycles. The monoisotopic (exact) mass is 797 g/mol. The van der Waals surface area contributed by atoms with Gasteiger partial charge in [-0.2, -0.15) is 0 Å². The highest BCUT2D eigenvalue weighted by atomic mass is 31.2. The maximum absolute atomic E-state index is 12.7. The Morgan fingerprint density at radius 3 is 0.564 bits per heavy atom. The summed E-state index contributed by atoms with van der Waals surface area (Å²) in [5.41, 5.74) is 0. The van der Waals surface area contributed by atoms with E-state index in [4.69, 9.17) is 13.6 Å². The van der Waals surface area contributed by atoms with Crippen LogP contribution in [0.25, 0.3) is 0 Å². The number of carbonyl (C=O) groups is 3. The lowest BCUT2D eigenvalue weighted by molar-refractivity contribution is -0.142. The molecule has 0 spiro atoms. The second-order valence-electron chi connectivity index (χ2n) is 16.6. The summed E-state index contributed by atoms with van der Waals surface area (Å²) in [6.45, 7) is 6.79. The molecular weight excluding hydrogens is 703 g/mol. The minimum Gasteiger partial charge on any atom is -0.375 e. The maximum atomic E-state index is 12.7. The highest BCUT2D eigenvalue weighted by Gasteiger charge is 2.27. The van der Waals surface area contributed by atoms with Crippen LogP contribution >= 0.6 is 8.60 Å². The van der Waals surface area contributed by atoms with E-state index >= 15 is 0 Å². The zero-order valence-electron chi connectivity index (χ0n) is 37.1. The largest absolute Gasteiger partial charge is 0.537 e. The zero-order chi connectivity index (χ0) is 40.1. The van der Waals surface area contributed by atoms with Crippen molar-refractivity contribution in [3.63, 3.8) is 0 Å². The Balaban J connectivity index is 4.33. The van der Waals surface area contributed by atoms with Gasteiger partial charge in [0.05, 0.1) is 0 Å². The van der Waals surface area contributed by atoms with E-state index in [0.29, 0.717) is 0 Å². The van der Waals surface area contributed by atoms with Gasteiger partial charge in [0.25, 0.3) is 0 Å². The molecule has 326 valence electrons. The first-order valence-electron chi connectivity index (χ1n) is 24.5. The lowest BCUT2D eigenvalue weighted by atomic mass is 10.0. The van der Waals surface area contributed by atoms with Gasteiger partial charge in [0.2, 0.25) is 0 Å². The molecule has 0 aromatic heterocycles. The summed E-state index contributed by atoms with van der Waals surface area (Å²) in [5, 5.41) is 0. The fourth-order valence-electron chi connectivity index (χ4n) is 7.30. The summed E-state index contributed by atoms with van der Waals surface area (Å²) in [5.74, 6) is -1.34. The van der Waals surface area contributed by atoms with Crippen molar-refractivity contribution in [3.8, 4) is 0 Å². The molecule has 0 N–H and O–H groups in total. The van der Waals surface area contributed by atoms with Crippen LogP contribution in [0.1, 0.15) is 290 Å². The number of carbonyl (C=O) groups excluding carboxylic acids is 3. The SMILES string of the molecule is CCCCCCCCCCCCCCCC(=O)OP(OC(=O)CCCCCCCCCCCCCCC)OC(=O)CCCCCCCCCCCCCCC. The second kappa shape index (κ2) is 45.5. The first-order valence-corrected chi connectivity index (χ1v) is 25.5. The fraction of sp³-hybridized carbons (Fsp3) is 0.938. The van der Waals surface area contributed by atoms with Gasteiger partial charge in [-0.25, -0.2) is 0 Å². The number of hydrogen-bond donors (Lipinski definition) is 0. The second-order valence-corrected chi connectivity index (χ2v) is 17.6. The average molecular weight is 797 g/mol. The molecule has 0 saturated heterocycles. The molecule has 0 aromatic rings. The summed E-state index contributed by atoms with van der Waals surface area (Å²) in [7, 11) is -2.35.